The van der Waals surface area contributed by atoms with Crippen LogP contribution in [0.15, 0.2) is 24.3 Å². The topological polar surface area (TPSA) is 40.5 Å². The summed E-state index contributed by atoms with van der Waals surface area (Å²) in [6, 6.07) is 8.50. The highest BCUT2D eigenvalue weighted by Crippen LogP contribution is 2.43. The summed E-state index contributed by atoms with van der Waals surface area (Å²) in [5.74, 6) is 1.89. The van der Waals surface area contributed by atoms with Gasteiger partial charge in [0.15, 0.2) is 0 Å². The Morgan fingerprint density at radius 1 is 0.464 bits per heavy atom. The second-order valence-corrected chi connectivity index (χ2v) is 9.44. The molecule has 2 N–H and O–H groups in total. The van der Waals surface area contributed by atoms with Gasteiger partial charge in [-0.1, -0.05) is 86.6 Å². The highest BCUT2D eigenvalue weighted by molar-refractivity contribution is 5.55. The molecule has 0 aromatic heterocycles. The van der Waals surface area contributed by atoms with Crippen LogP contribution in [0.4, 0.5) is 0 Å². The maximum atomic E-state index is 11.1. The van der Waals surface area contributed by atoms with Crippen molar-refractivity contribution in [1.82, 2.24) is 0 Å². The summed E-state index contributed by atoms with van der Waals surface area (Å²) in [6.07, 6.45) is 0. The predicted molar refractivity (Wildman–Crippen MR) is 120 cm³/mol. The molecule has 0 aliphatic rings. The molecule has 0 fully saturated rings. The molecule has 2 aromatic carbocycles. The van der Waals surface area contributed by atoms with Gasteiger partial charge >= 0.3 is 0 Å². The summed E-state index contributed by atoms with van der Waals surface area (Å²) in [5, 5.41) is 22.1. The minimum atomic E-state index is -0.0904. The molecule has 154 valence electrons. The van der Waals surface area contributed by atoms with Gasteiger partial charge in [-0.05, 0) is 45.9 Å². The number of aromatic hydroxyl groups is 2. The summed E-state index contributed by atoms with van der Waals surface area (Å²) in [4.78, 5) is 0. The molecular formula is C26H38O2. The standard InChI is InChI=1S/C26H38O2/c1-14(2)19-10-21(16(5)6)25(27)23(12-19)18(9)24-13-20(15(3)4)11-22(17(7)8)26(24)28/h10-18,27-28H,1-9H3. The van der Waals surface area contributed by atoms with Gasteiger partial charge in [0, 0.05) is 17.0 Å². The van der Waals surface area contributed by atoms with Gasteiger partial charge in [-0.2, -0.15) is 0 Å². The number of rotatable bonds is 6. The van der Waals surface area contributed by atoms with Gasteiger partial charge in [0.05, 0.1) is 0 Å². The zero-order chi connectivity index (χ0) is 21.3. The maximum Gasteiger partial charge on any atom is 0.122 e. The van der Waals surface area contributed by atoms with Crippen LogP contribution in [0.3, 0.4) is 0 Å². The number of hydrogen-bond acceptors (Lipinski definition) is 2. The average molecular weight is 383 g/mol. The first-order valence-corrected chi connectivity index (χ1v) is 10.7. The lowest BCUT2D eigenvalue weighted by Crippen LogP contribution is -2.06. The normalized spacial score (nSPS) is 12.2. The van der Waals surface area contributed by atoms with E-state index in [1.165, 1.54) is 11.1 Å². The molecule has 2 rings (SSSR count). The Bertz CT molecular complexity index is 759. The summed E-state index contributed by atoms with van der Waals surface area (Å²) in [5.41, 5.74) is 6.23. The minimum Gasteiger partial charge on any atom is -0.507 e. The second-order valence-electron chi connectivity index (χ2n) is 9.44. The first-order chi connectivity index (χ1) is 13.0. The van der Waals surface area contributed by atoms with Gasteiger partial charge in [-0.25, -0.2) is 0 Å². The van der Waals surface area contributed by atoms with Crippen LogP contribution in [0.25, 0.3) is 0 Å². The second kappa shape index (κ2) is 8.59. The van der Waals surface area contributed by atoms with Gasteiger partial charge in [-0.3, -0.25) is 0 Å². The number of hydrogen-bond donors (Lipinski definition) is 2. The Morgan fingerprint density at radius 3 is 1.00 bits per heavy atom. The summed E-state index contributed by atoms with van der Waals surface area (Å²) in [7, 11) is 0. The lowest BCUT2D eigenvalue weighted by atomic mass is 9.82. The quantitative estimate of drug-likeness (QED) is 0.536. The van der Waals surface area contributed by atoms with Crippen molar-refractivity contribution in [2.45, 2.75) is 91.9 Å². The molecule has 0 aliphatic heterocycles. The Balaban J connectivity index is 2.74. The van der Waals surface area contributed by atoms with Gasteiger partial charge in [0.2, 0.25) is 0 Å². The van der Waals surface area contributed by atoms with Crippen molar-refractivity contribution in [3.63, 3.8) is 0 Å². The van der Waals surface area contributed by atoms with Gasteiger partial charge in [0.1, 0.15) is 11.5 Å². The summed E-state index contributed by atoms with van der Waals surface area (Å²) in [6.45, 7) is 19.3. The Morgan fingerprint density at radius 2 is 0.750 bits per heavy atom. The fourth-order valence-corrected chi connectivity index (χ4v) is 3.78. The van der Waals surface area contributed by atoms with Crippen molar-refractivity contribution >= 4 is 0 Å². The number of benzene rings is 2. The summed E-state index contributed by atoms with van der Waals surface area (Å²) < 4.78 is 0. The maximum absolute atomic E-state index is 11.1. The molecule has 0 aliphatic carbocycles. The Kier molecular flexibility index (Phi) is 6.85. The zero-order valence-electron chi connectivity index (χ0n) is 19.1. The molecule has 2 heteroatoms. The molecule has 0 unspecified atom stereocenters. The fourth-order valence-electron chi connectivity index (χ4n) is 3.78. The smallest absolute Gasteiger partial charge is 0.122 e. The molecule has 2 nitrogen and oxygen atoms in total. The first-order valence-electron chi connectivity index (χ1n) is 10.7. The van der Waals surface area contributed by atoms with Crippen molar-refractivity contribution in [3.8, 4) is 11.5 Å². The number of phenolic OH excluding ortho intramolecular Hbond substituents is 2. The van der Waals surface area contributed by atoms with Gasteiger partial charge < -0.3 is 10.2 Å². The average Bonchev–Trinajstić information content (AvgIpc) is 2.60. The van der Waals surface area contributed by atoms with Crippen LogP contribution in [-0.2, 0) is 0 Å². The molecule has 0 bridgehead atoms. The SMILES string of the molecule is CC(C)c1cc(C(C)C)c(O)c(C(C)c2cc(C(C)C)cc(C(C)C)c2O)c1. The monoisotopic (exact) mass is 382 g/mol. The Hall–Kier alpha value is -1.96. The van der Waals surface area contributed by atoms with E-state index in [0.29, 0.717) is 23.3 Å². The predicted octanol–water partition coefficient (Wildman–Crippen LogP) is 7.74. The molecule has 2 aromatic rings. The highest BCUT2D eigenvalue weighted by atomic mass is 16.3. The van der Waals surface area contributed by atoms with E-state index in [2.05, 4.69) is 86.6 Å². The van der Waals surface area contributed by atoms with Gasteiger partial charge in [0.25, 0.3) is 0 Å². The zero-order valence-corrected chi connectivity index (χ0v) is 19.1. The molecular weight excluding hydrogens is 344 g/mol. The molecule has 0 saturated heterocycles. The first kappa shape index (κ1) is 22.3. The van der Waals surface area contributed by atoms with E-state index >= 15 is 0 Å². The van der Waals surface area contributed by atoms with E-state index in [1.54, 1.807) is 0 Å². The van der Waals surface area contributed by atoms with Crippen LogP contribution in [0.2, 0.25) is 0 Å². The van der Waals surface area contributed by atoms with Gasteiger partial charge in [-0.15, -0.1) is 0 Å². The van der Waals surface area contributed by atoms with E-state index in [0.717, 1.165) is 22.3 Å². The van der Waals surface area contributed by atoms with E-state index in [-0.39, 0.29) is 17.8 Å². The van der Waals surface area contributed by atoms with Crippen LogP contribution in [0, 0.1) is 0 Å². The van der Waals surface area contributed by atoms with Crippen molar-refractivity contribution < 1.29 is 10.2 Å². The fraction of sp³-hybridized carbons (Fsp3) is 0.538. The highest BCUT2D eigenvalue weighted by Gasteiger charge is 2.24. The van der Waals surface area contributed by atoms with Crippen LogP contribution < -0.4 is 0 Å². The van der Waals surface area contributed by atoms with Crippen LogP contribution in [0.1, 0.15) is 125 Å². The van der Waals surface area contributed by atoms with E-state index in [4.69, 9.17) is 0 Å². The third-order valence-corrected chi connectivity index (χ3v) is 5.89. The minimum absolute atomic E-state index is 0.0904. The van der Waals surface area contributed by atoms with Crippen molar-refractivity contribution in [3.05, 3.63) is 57.6 Å². The molecule has 0 spiro atoms. The third-order valence-electron chi connectivity index (χ3n) is 5.89. The molecule has 0 saturated carbocycles. The third kappa shape index (κ3) is 4.37. The molecule has 0 amide bonds. The molecule has 0 radical (unpaired) electrons. The summed E-state index contributed by atoms with van der Waals surface area (Å²) >= 11 is 0. The van der Waals surface area contributed by atoms with Crippen molar-refractivity contribution in [1.29, 1.82) is 0 Å². The number of phenols is 2. The lowest BCUT2D eigenvalue weighted by molar-refractivity contribution is 0.445. The van der Waals surface area contributed by atoms with Crippen LogP contribution in [0.5, 0.6) is 11.5 Å². The van der Waals surface area contributed by atoms with Crippen molar-refractivity contribution in [2.24, 2.45) is 0 Å². The van der Waals surface area contributed by atoms with E-state index < -0.39 is 0 Å². The molecule has 0 atom stereocenters. The van der Waals surface area contributed by atoms with Crippen LogP contribution >= 0.6 is 0 Å². The van der Waals surface area contributed by atoms with E-state index in [9.17, 15) is 10.2 Å². The largest absolute Gasteiger partial charge is 0.507 e. The lowest BCUT2D eigenvalue weighted by Gasteiger charge is -2.24. The molecule has 0 heterocycles. The van der Waals surface area contributed by atoms with Crippen molar-refractivity contribution in [2.75, 3.05) is 0 Å². The molecule has 28 heavy (non-hydrogen) atoms. The van der Waals surface area contributed by atoms with E-state index in [1.807, 2.05) is 0 Å². The van der Waals surface area contributed by atoms with Crippen LogP contribution in [-0.4, -0.2) is 10.2 Å². The Labute approximate surface area is 171 Å².